The van der Waals surface area contributed by atoms with Gasteiger partial charge in [-0.25, -0.2) is 9.18 Å². The van der Waals surface area contributed by atoms with Crippen molar-refractivity contribution in [3.05, 3.63) is 52.1 Å². The Labute approximate surface area is 143 Å². The van der Waals surface area contributed by atoms with Gasteiger partial charge in [0.25, 0.3) is 0 Å². The number of hydrogen-bond donors (Lipinski definition) is 1. The van der Waals surface area contributed by atoms with Gasteiger partial charge in [-0.05, 0) is 44.5 Å². The van der Waals surface area contributed by atoms with Crippen LogP contribution in [0.25, 0.3) is 27.3 Å². The Morgan fingerprint density at radius 3 is 2.64 bits per heavy atom. The summed E-state index contributed by atoms with van der Waals surface area (Å²) in [7, 11) is 1.41. The van der Waals surface area contributed by atoms with Crippen LogP contribution >= 0.6 is 0 Å². The summed E-state index contributed by atoms with van der Waals surface area (Å²) in [4.78, 5) is 12.7. The average molecular weight is 339 g/mol. The van der Waals surface area contributed by atoms with Gasteiger partial charge in [-0.1, -0.05) is 12.1 Å². The van der Waals surface area contributed by atoms with Crippen molar-refractivity contribution in [3.63, 3.8) is 0 Å². The molecule has 0 radical (unpaired) electrons. The molecule has 5 heteroatoms. The highest BCUT2D eigenvalue weighted by atomic mass is 19.1. The Morgan fingerprint density at radius 2 is 1.92 bits per heavy atom. The van der Waals surface area contributed by atoms with Gasteiger partial charge in [0.1, 0.15) is 5.58 Å². The van der Waals surface area contributed by atoms with E-state index in [1.165, 1.54) is 19.2 Å². The second-order valence-electron chi connectivity index (χ2n) is 6.93. The molecule has 0 amide bonds. The summed E-state index contributed by atoms with van der Waals surface area (Å²) in [6, 6.07) is 6.43. The van der Waals surface area contributed by atoms with E-state index in [0.29, 0.717) is 21.7 Å². The van der Waals surface area contributed by atoms with Crippen LogP contribution in [0.1, 0.15) is 26.3 Å². The van der Waals surface area contributed by atoms with Crippen molar-refractivity contribution in [1.82, 2.24) is 0 Å². The Bertz CT molecular complexity index is 1130. The molecular formula is C20H18FNO3. The summed E-state index contributed by atoms with van der Waals surface area (Å²) in [5, 5.41) is 4.94. The zero-order valence-corrected chi connectivity index (χ0v) is 14.5. The van der Waals surface area contributed by atoms with Crippen LogP contribution in [-0.4, -0.2) is 12.6 Å². The largest absolute Gasteiger partial charge is 0.493 e. The zero-order chi connectivity index (χ0) is 17.9. The quantitative estimate of drug-likeness (QED) is 0.516. The van der Waals surface area contributed by atoms with E-state index in [0.717, 1.165) is 16.8 Å². The fraction of sp³-hybridized carbons (Fsp3) is 0.250. The zero-order valence-electron chi connectivity index (χ0n) is 14.5. The number of rotatable bonds is 1. The molecule has 2 aromatic carbocycles. The molecular weight excluding hydrogens is 321 g/mol. The third-order valence-electron chi connectivity index (χ3n) is 4.59. The van der Waals surface area contributed by atoms with Crippen LogP contribution in [0.3, 0.4) is 0 Å². The van der Waals surface area contributed by atoms with Crippen LogP contribution < -0.4 is 15.7 Å². The van der Waals surface area contributed by atoms with Crippen molar-refractivity contribution in [1.29, 1.82) is 0 Å². The van der Waals surface area contributed by atoms with E-state index in [1.54, 1.807) is 0 Å². The van der Waals surface area contributed by atoms with Gasteiger partial charge in [-0.3, -0.25) is 0 Å². The summed E-state index contributed by atoms with van der Waals surface area (Å²) in [6.07, 6.45) is 2.07. The minimum absolute atomic E-state index is 0.0805. The molecule has 0 unspecified atom stereocenters. The fourth-order valence-electron chi connectivity index (χ4n) is 3.76. The number of halogens is 1. The molecule has 0 fully saturated rings. The smallest absolute Gasteiger partial charge is 0.344 e. The van der Waals surface area contributed by atoms with Crippen LogP contribution in [-0.2, 0) is 0 Å². The topological polar surface area (TPSA) is 51.5 Å². The Morgan fingerprint density at radius 1 is 1.16 bits per heavy atom. The maximum Gasteiger partial charge on any atom is 0.344 e. The molecule has 1 aliphatic rings. The lowest BCUT2D eigenvalue weighted by Gasteiger charge is -2.32. The summed E-state index contributed by atoms with van der Waals surface area (Å²) in [5.74, 6) is -0.411. The van der Waals surface area contributed by atoms with Crippen molar-refractivity contribution in [2.75, 3.05) is 12.4 Å². The van der Waals surface area contributed by atoms with Gasteiger partial charge in [-0.2, -0.15) is 0 Å². The first-order valence-electron chi connectivity index (χ1n) is 8.06. The van der Waals surface area contributed by atoms with E-state index < -0.39 is 11.4 Å². The maximum atomic E-state index is 14.2. The SMILES string of the molecule is COc1c(F)ccc2oc(=O)c3c4c(ccc3c12)NC(C)(C)C=C4C. The van der Waals surface area contributed by atoms with Gasteiger partial charge in [0.2, 0.25) is 0 Å². The summed E-state index contributed by atoms with van der Waals surface area (Å²) < 4.78 is 24.9. The van der Waals surface area contributed by atoms with E-state index >= 15 is 0 Å². The molecule has 0 saturated heterocycles. The molecule has 128 valence electrons. The lowest BCUT2D eigenvalue weighted by molar-refractivity contribution is 0.391. The van der Waals surface area contributed by atoms with Gasteiger partial charge in [0, 0.05) is 16.6 Å². The van der Waals surface area contributed by atoms with Crippen LogP contribution in [0, 0.1) is 5.82 Å². The van der Waals surface area contributed by atoms with E-state index in [9.17, 15) is 9.18 Å². The number of nitrogens with one attached hydrogen (secondary N) is 1. The lowest BCUT2D eigenvalue weighted by atomic mass is 9.88. The minimum Gasteiger partial charge on any atom is -0.493 e. The van der Waals surface area contributed by atoms with E-state index in [1.807, 2.05) is 19.1 Å². The van der Waals surface area contributed by atoms with Gasteiger partial charge in [0.15, 0.2) is 11.6 Å². The van der Waals surface area contributed by atoms with Crippen molar-refractivity contribution >= 4 is 33.0 Å². The van der Waals surface area contributed by atoms with Crippen LogP contribution in [0.15, 0.2) is 39.6 Å². The molecule has 1 aromatic heterocycles. The first-order chi connectivity index (χ1) is 11.8. The normalized spacial score (nSPS) is 15.6. The van der Waals surface area contributed by atoms with Gasteiger partial charge in [-0.15, -0.1) is 0 Å². The van der Waals surface area contributed by atoms with Crippen molar-refractivity contribution < 1.29 is 13.5 Å². The number of fused-ring (bicyclic) bond motifs is 5. The third kappa shape index (κ3) is 2.22. The molecule has 0 spiro atoms. The number of anilines is 1. The lowest BCUT2D eigenvalue weighted by Crippen LogP contribution is -2.31. The molecule has 2 heterocycles. The average Bonchev–Trinajstić information content (AvgIpc) is 2.53. The molecule has 25 heavy (non-hydrogen) atoms. The second kappa shape index (κ2) is 5.09. The second-order valence-corrected chi connectivity index (χ2v) is 6.93. The fourth-order valence-corrected chi connectivity index (χ4v) is 3.76. The first-order valence-corrected chi connectivity index (χ1v) is 8.06. The molecule has 0 aliphatic carbocycles. The van der Waals surface area contributed by atoms with Crippen LogP contribution in [0.2, 0.25) is 0 Å². The van der Waals surface area contributed by atoms with Crippen molar-refractivity contribution in [2.45, 2.75) is 26.3 Å². The number of hydrogen-bond acceptors (Lipinski definition) is 4. The molecule has 4 nitrogen and oxygen atoms in total. The minimum atomic E-state index is -0.491. The number of allylic oxidation sites excluding steroid dienone is 1. The third-order valence-corrected chi connectivity index (χ3v) is 4.59. The Kier molecular flexibility index (Phi) is 3.19. The number of benzene rings is 2. The number of methoxy groups -OCH3 is 1. The Hall–Kier alpha value is -2.82. The van der Waals surface area contributed by atoms with Gasteiger partial charge in [0.05, 0.1) is 23.4 Å². The van der Waals surface area contributed by atoms with Crippen LogP contribution in [0.5, 0.6) is 5.75 Å². The Balaban J connectivity index is 2.22. The van der Waals surface area contributed by atoms with E-state index in [2.05, 4.69) is 25.2 Å². The summed E-state index contributed by atoms with van der Waals surface area (Å²) in [5.41, 5.74) is 2.28. The summed E-state index contributed by atoms with van der Waals surface area (Å²) in [6.45, 7) is 6.09. The predicted molar refractivity (Wildman–Crippen MR) is 97.9 cm³/mol. The standard InChI is InChI=1S/C20H18FNO3/c1-10-9-20(2,3)22-13-7-5-11-16-14(8-6-12(21)18(16)24-4)25-19(23)17(11)15(10)13/h5-9,22H,1-4H3. The van der Waals surface area contributed by atoms with Crippen molar-refractivity contribution in [2.24, 2.45) is 0 Å². The van der Waals surface area contributed by atoms with Crippen molar-refractivity contribution in [3.8, 4) is 5.75 Å². The molecule has 0 atom stereocenters. The van der Waals surface area contributed by atoms with E-state index in [4.69, 9.17) is 9.15 Å². The predicted octanol–water partition coefficient (Wildman–Crippen LogP) is 4.70. The highest BCUT2D eigenvalue weighted by Crippen LogP contribution is 2.41. The number of ether oxygens (including phenoxy) is 1. The highest BCUT2D eigenvalue weighted by Gasteiger charge is 2.26. The summed E-state index contributed by atoms with van der Waals surface area (Å²) >= 11 is 0. The molecule has 0 saturated carbocycles. The molecule has 3 aromatic rings. The van der Waals surface area contributed by atoms with E-state index in [-0.39, 0.29) is 11.3 Å². The molecule has 1 aliphatic heterocycles. The molecule has 1 N–H and O–H groups in total. The monoisotopic (exact) mass is 339 g/mol. The highest BCUT2D eigenvalue weighted by molar-refractivity contribution is 6.12. The first kappa shape index (κ1) is 15.7. The van der Waals surface area contributed by atoms with Gasteiger partial charge < -0.3 is 14.5 Å². The van der Waals surface area contributed by atoms with Gasteiger partial charge >= 0.3 is 5.63 Å². The maximum absolute atomic E-state index is 14.2. The molecule has 4 rings (SSSR count). The molecule has 0 bridgehead atoms. The van der Waals surface area contributed by atoms with Crippen LogP contribution in [0.4, 0.5) is 10.1 Å².